The zero-order valence-electron chi connectivity index (χ0n) is 20.5. The summed E-state index contributed by atoms with van der Waals surface area (Å²) in [6.45, 7) is 1.88. The summed E-state index contributed by atoms with van der Waals surface area (Å²) in [6, 6.07) is 11.3. The summed E-state index contributed by atoms with van der Waals surface area (Å²) in [4.78, 5) is 50.1. The van der Waals surface area contributed by atoms with Crippen molar-refractivity contribution in [1.29, 1.82) is 0 Å². The van der Waals surface area contributed by atoms with E-state index >= 15 is 0 Å². The number of carbonyl (C=O) groups is 2. The molecule has 0 aliphatic carbocycles. The van der Waals surface area contributed by atoms with E-state index in [1.807, 2.05) is 45.2 Å². The van der Waals surface area contributed by atoms with Crippen molar-refractivity contribution in [3.63, 3.8) is 0 Å². The number of pyridine rings is 2. The molecule has 0 spiro atoms. The van der Waals surface area contributed by atoms with Gasteiger partial charge in [0.15, 0.2) is 0 Å². The van der Waals surface area contributed by atoms with Crippen LogP contribution in [-0.4, -0.2) is 33.6 Å². The maximum atomic E-state index is 13.8. The van der Waals surface area contributed by atoms with E-state index < -0.39 is 34.7 Å². The molecule has 40 heavy (non-hydrogen) atoms. The molecule has 0 saturated heterocycles. The van der Waals surface area contributed by atoms with Crippen LogP contribution in [0, 0.1) is 18.8 Å². The molecular formula is C26H20F2I2N4O6. The van der Waals surface area contributed by atoms with Crippen molar-refractivity contribution in [2.75, 3.05) is 17.2 Å². The van der Waals surface area contributed by atoms with Gasteiger partial charge in [0.05, 0.1) is 40.5 Å². The van der Waals surface area contributed by atoms with E-state index in [9.17, 15) is 28.0 Å². The van der Waals surface area contributed by atoms with Crippen LogP contribution >= 0.6 is 45.2 Å². The average molecular weight is 776 g/mol. The summed E-state index contributed by atoms with van der Waals surface area (Å²) in [6.07, 6.45) is 2.31. The van der Waals surface area contributed by atoms with Gasteiger partial charge in [0.1, 0.15) is 11.6 Å². The van der Waals surface area contributed by atoms with E-state index in [-0.39, 0.29) is 40.5 Å². The maximum Gasteiger partial charge on any atom is 0.341 e. The van der Waals surface area contributed by atoms with Crippen LogP contribution in [0.2, 0.25) is 0 Å². The Morgan fingerprint density at radius 1 is 0.800 bits per heavy atom. The molecule has 4 rings (SSSR count). The number of aromatic nitrogens is 2. The molecule has 4 aromatic rings. The van der Waals surface area contributed by atoms with Gasteiger partial charge in [-0.3, -0.25) is 9.59 Å². The molecule has 0 aliphatic rings. The first kappa shape index (κ1) is 30.7. The largest absolute Gasteiger partial charge is 0.478 e. The lowest BCUT2D eigenvalue weighted by Gasteiger charge is -2.11. The second kappa shape index (κ2) is 14.0. The number of ether oxygens (including phenoxy) is 1. The van der Waals surface area contributed by atoms with E-state index in [4.69, 9.17) is 9.84 Å². The van der Waals surface area contributed by atoms with Gasteiger partial charge in [-0.1, -0.05) is 0 Å². The highest BCUT2D eigenvalue weighted by molar-refractivity contribution is 14.1. The van der Waals surface area contributed by atoms with Crippen LogP contribution in [0.5, 0.6) is 0 Å². The number of H-pyrrole nitrogens is 2. The summed E-state index contributed by atoms with van der Waals surface area (Å²) in [5, 5.41) is 14.4. The molecule has 0 bridgehead atoms. The Kier molecular flexibility index (Phi) is 10.8. The number of aromatic carboxylic acids is 1. The zero-order valence-corrected chi connectivity index (χ0v) is 24.8. The number of carbonyl (C=O) groups excluding carboxylic acids is 1. The molecule has 2 aromatic carbocycles. The number of hydrogen-bond donors (Lipinski definition) is 5. The van der Waals surface area contributed by atoms with Crippen molar-refractivity contribution < 1.29 is 28.2 Å². The van der Waals surface area contributed by atoms with Gasteiger partial charge in [-0.25, -0.2) is 18.4 Å². The topological polar surface area (TPSA) is 153 Å². The summed E-state index contributed by atoms with van der Waals surface area (Å²) in [7, 11) is 0. The summed E-state index contributed by atoms with van der Waals surface area (Å²) in [5.41, 5.74) is -0.379. The van der Waals surface area contributed by atoms with Crippen molar-refractivity contribution in [2.24, 2.45) is 0 Å². The van der Waals surface area contributed by atoms with Crippen LogP contribution in [0.4, 0.5) is 31.5 Å². The minimum Gasteiger partial charge on any atom is -0.478 e. The molecule has 0 amide bonds. The maximum absolute atomic E-state index is 13.8. The van der Waals surface area contributed by atoms with E-state index in [1.54, 1.807) is 19.1 Å². The summed E-state index contributed by atoms with van der Waals surface area (Å²) >= 11 is 3.95. The van der Waals surface area contributed by atoms with Crippen LogP contribution in [0.1, 0.15) is 27.6 Å². The normalized spacial score (nSPS) is 10.2. The number of benzene rings is 2. The highest BCUT2D eigenvalue weighted by Crippen LogP contribution is 2.24. The lowest BCUT2D eigenvalue weighted by Crippen LogP contribution is -2.14. The minimum absolute atomic E-state index is 0.0383. The van der Waals surface area contributed by atoms with Crippen molar-refractivity contribution in [3.05, 3.63) is 112 Å². The Hall–Kier alpha value is -3.80. The third-order valence-electron chi connectivity index (χ3n) is 4.98. The monoisotopic (exact) mass is 776 g/mol. The van der Waals surface area contributed by atoms with Gasteiger partial charge in [-0.15, -0.1) is 0 Å². The number of carboxylic acids is 1. The number of anilines is 4. The predicted molar refractivity (Wildman–Crippen MR) is 162 cm³/mol. The van der Waals surface area contributed by atoms with Crippen molar-refractivity contribution >= 4 is 79.9 Å². The molecular weight excluding hydrogens is 756 g/mol. The zero-order chi connectivity index (χ0) is 29.4. The van der Waals surface area contributed by atoms with Crippen LogP contribution in [0.15, 0.2) is 70.5 Å². The van der Waals surface area contributed by atoms with E-state index in [2.05, 4.69) is 20.6 Å². The number of nitrogens with one attached hydrogen (secondary N) is 4. The van der Waals surface area contributed by atoms with E-state index in [1.165, 1.54) is 36.5 Å². The van der Waals surface area contributed by atoms with Crippen LogP contribution < -0.4 is 21.8 Å². The molecule has 208 valence electrons. The van der Waals surface area contributed by atoms with Gasteiger partial charge in [0.25, 0.3) is 0 Å². The van der Waals surface area contributed by atoms with Crippen molar-refractivity contribution in [2.45, 2.75) is 6.92 Å². The van der Waals surface area contributed by atoms with Crippen LogP contribution in [0.3, 0.4) is 0 Å². The number of halogens is 4. The Morgan fingerprint density at radius 3 is 1.68 bits per heavy atom. The fourth-order valence-electron chi connectivity index (χ4n) is 3.18. The molecule has 0 atom stereocenters. The number of esters is 1. The lowest BCUT2D eigenvalue weighted by atomic mass is 10.2. The van der Waals surface area contributed by atoms with Gasteiger partial charge in [0, 0.05) is 31.7 Å². The van der Waals surface area contributed by atoms with Crippen LogP contribution in [-0.2, 0) is 4.74 Å². The third-order valence-corrected chi connectivity index (χ3v) is 6.32. The van der Waals surface area contributed by atoms with Gasteiger partial charge in [-0.05, 0) is 88.5 Å². The van der Waals surface area contributed by atoms with Crippen molar-refractivity contribution in [3.8, 4) is 0 Å². The SMILES string of the molecule is CCOC(=O)c1c[nH]c(=O)cc1Nc1ccc(I)cc1F.O=C(O)c1c[nH]c(=O)cc1Nc1ccc(I)cc1F. The second-order valence-corrected chi connectivity index (χ2v) is 10.3. The molecule has 0 saturated carbocycles. The fraction of sp³-hybridized carbons (Fsp3) is 0.0769. The number of rotatable bonds is 7. The molecule has 0 radical (unpaired) electrons. The standard InChI is InChI=1S/C14H12FIN2O3.C12H8FIN2O3/c1-2-21-14(20)9-7-17-13(19)6-12(9)18-11-4-3-8(16)5-10(11)15;13-8-3-6(14)1-2-9(8)16-10-4-11(17)15-5-7(10)12(18)19/h3-7H,2H2,1H3,(H2,17,18,19);1-5H,(H,18,19)(H2,15,16,17). The van der Waals surface area contributed by atoms with Crippen LogP contribution in [0.25, 0.3) is 0 Å². The van der Waals surface area contributed by atoms with Gasteiger partial charge in [0.2, 0.25) is 11.1 Å². The first-order valence-corrected chi connectivity index (χ1v) is 13.4. The highest BCUT2D eigenvalue weighted by atomic mass is 127. The smallest absolute Gasteiger partial charge is 0.341 e. The number of carboxylic acid groups (broad SMARTS) is 1. The molecule has 0 fully saturated rings. The second-order valence-electron chi connectivity index (χ2n) is 7.77. The Morgan fingerprint density at radius 2 is 1.25 bits per heavy atom. The van der Waals surface area contributed by atoms with E-state index in [0.717, 1.165) is 15.8 Å². The molecule has 10 nitrogen and oxygen atoms in total. The minimum atomic E-state index is -1.22. The average Bonchev–Trinajstić information content (AvgIpc) is 2.88. The van der Waals surface area contributed by atoms with Gasteiger partial charge < -0.3 is 30.4 Å². The van der Waals surface area contributed by atoms with Crippen molar-refractivity contribution in [1.82, 2.24) is 9.97 Å². The number of hydrogen-bond acceptors (Lipinski definition) is 7. The molecule has 14 heteroatoms. The molecule has 0 unspecified atom stereocenters. The summed E-state index contributed by atoms with van der Waals surface area (Å²) < 4.78 is 33.9. The molecule has 2 aromatic heterocycles. The Bertz CT molecular complexity index is 1680. The highest BCUT2D eigenvalue weighted by Gasteiger charge is 2.15. The third kappa shape index (κ3) is 8.35. The van der Waals surface area contributed by atoms with Gasteiger partial charge in [-0.2, -0.15) is 0 Å². The molecule has 2 heterocycles. The number of aromatic amines is 2. The Balaban J connectivity index is 0.000000222. The predicted octanol–water partition coefficient (Wildman–Crippen LogP) is 5.60. The Labute approximate surface area is 252 Å². The summed E-state index contributed by atoms with van der Waals surface area (Å²) in [5.74, 6) is -2.81. The van der Waals surface area contributed by atoms with Gasteiger partial charge >= 0.3 is 11.9 Å². The van der Waals surface area contributed by atoms with E-state index in [0.29, 0.717) is 3.57 Å². The fourth-order valence-corrected chi connectivity index (χ4v) is 4.08. The first-order chi connectivity index (χ1) is 19.0. The molecule has 0 aliphatic heterocycles. The quantitative estimate of drug-likeness (QED) is 0.120. The molecule has 5 N–H and O–H groups in total. The first-order valence-electron chi connectivity index (χ1n) is 11.3. The lowest BCUT2D eigenvalue weighted by molar-refractivity contribution is 0.0526.